The molecule has 18 heavy (non-hydrogen) atoms. The molecule has 5 nitrogen and oxygen atoms in total. The van der Waals surface area contributed by atoms with Gasteiger partial charge in [0.25, 0.3) is 11.5 Å². The second kappa shape index (κ2) is 3.93. The van der Waals surface area contributed by atoms with Crippen LogP contribution in [0.5, 0.6) is 0 Å². The maximum Gasteiger partial charge on any atom is 0.273 e. The monoisotopic (exact) mass is 247 g/mol. The third-order valence-electron chi connectivity index (χ3n) is 3.79. The molecular formula is C13H17N3O2. The molecule has 5 heteroatoms. The predicted molar refractivity (Wildman–Crippen MR) is 66.4 cm³/mol. The van der Waals surface area contributed by atoms with E-state index in [2.05, 4.69) is 4.98 Å². The predicted octanol–water partition coefficient (Wildman–Crippen LogP) is 0.944. The average Bonchev–Trinajstić information content (AvgIpc) is 2.68. The fraction of sp³-hybridized carbons (Fsp3) is 0.615. The largest absolute Gasteiger partial charge is 0.330 e. The Labute approximate surface area is 105 Å². The Bertz CT molecular complexity index is 574. The molecule has 1 amide bonds. The van der Waals surface area contributed by atoms with Crippen molar-refractivity contribution in [2.24, 2.45) is 0 Å². The zero-order valence-corrected chi connectivity index (χ0v) is 10.8. The summed E-state index contributed by atoms with van der Waals surface area (Å²) in [5.74, 6) is 0.690. The molecule has 3 rings (SSSR count). The van der Waals surface area contributed by atoms with Gasteiger partial charge in [-0.05, 0) is 26.7 Å². The van der Waals surface area contributed by atoms with Crippen LogP contribution < -0.4 is 5.56 Å². The molecule has 0 unspecified atom stereocenters. The first kappa shape index (κ1) is 11.4. The molecule has 0 atom stereocenters. The van der Waals surface area contributed by atoms with Gasteiger partial charge >= 0.3 is 0 Å². The minimum Gasteiger partial charge on any atom is -0.330 e. The maximum atomic E-state index is 12.4. The molecule has 0 bridgehead atoms. The lowest BCUT2D eigenvalue weighted by Crippen LogP contribution is -2.31. The van der Waals surface area contributed by atoms with Crippen LogP contribution in [0.25, 0.3) is 0 Å². The van der Waals surface area contributed by atoms with Crippen molar-refractivity contribution >= 4 is 5.91 Å². The Morgan fingerprint density at radius 2 is 2.00 bits per heavy atom. The molecule has 0 aliphatic carbocycles. The molecule has 2 aliphatic heterocycles. The minimum absolute atomic E-state index is 0.00815. The van der Waals surface area contributed by atoms with Gasteiger partial charge in [0.1, 0.15) is 11.5 Å². The Morgan fingerprint density at radius 3 is 2.72 bits per heavy atom. The highest BCUT2D eigenvalue weighted by Gasteiger charge is 2.34. The molecule has 0 saturated heterocycles. The van der Waals surface area contributed by atoms with Gasteiger partial charge in [0.05, 0.1) is 12.1 Å². The summed E-state index contributed by atoms with van der Waals surface area (Å²) >= 11 is 0. The average molecular weight is 247 g/mol. The normalized spacial score (nSPS) is 18.2. The molecule has 3 heterocycles. The van der Waals surface area contributed by atoms with Crippen molar-refractivity contribution in [3.63, 3.8) is 0 Å². The third kappa shape index (κ3) is 1.50. The first-order valence-corrected chi connectivity index (χ1v) is 6.53. The van der Waals surface area contributed by atoms with E-state index < -0.39 is 0 Å². The van der Waals surface area contributed by atoms with E-state index in [0.717, 1.165) is 31.6 Å². The smallest absolute Gasteiger partial charge is 0.273 e. The van der Waals surface area contributed by atoms with E-state index in [0.29, 0.717) is 17.8 Å². The topological polar surface area (TPSA) is 55.2 Å². The van der Waals surface area contributed by atoms with Gasteiger partial charge < -0.3 is 4.90 Å². The Hall–Kier alpha value is -1.65. The molecule has 0 fully saturated rings. The van der Waals surface area contributed by atoms with Crippen LogP contribution in [-0.4, -0.2) is 26.4 Å². The van der Waals surface area contributed by atoms with E-state index in [-0.39, 0.29) is 17.5 Å². The quantitative estimate of drug-likeness (QED) is 0.742. The number of rotatable bonds is 1. The lowest BCUT2D eigenvalue weighted by molar-refractivity contribution is 0.0726. The van der Waals surface area contributed by atoms with Crippen LogP contribution >= 0.6 is 0 Å². The number of carbonyl (C=O) groups is 1. The van der Waals surface area contributed by atoms with E-state index in [4.69, 9.17) is 0 Å². The zero-order valence-electron chi connectivity index (χ0n) is 10.8. The highest BCUT2D eigenvalue weighted by atomic mass is 16.2. The van der Waals surface area contributed by atoms with Crippen LogP contribution in [0.1, 0.15) is 48.6 Å². The number of aryl methyl sites for hydroxylation is 1. The van der Waals surface area contributed by atoms with E-state index in [1.807, 2.05) is 13.8 Å². The van der Waals surface area contributed by atoms with Crippen LogP contribution in [0.15, 0.2) is 4.79 Å². The van der Waals surface area contributed by atoms with Gasteiger partial charge in [0.2, 0.25) is 0 Å². The summed E-state index contributed by atoms with van der Waals surface area (Å²) < 4.78 is 1.75. The number of nitrogens with zero attached hydrogens (tertiary/aromatic N) is 3. The summed E-state index contributed by atoms with van der Waals surface area (Å²) in [5, 5.41) is 0. The van der Waals surface area contributed by atoms with Crippen LogP contribution in [0.4, 0.5) is 0 Å². The van der Waals surface area contributed by atoms with Gasteiger partial charge in [-0.1, -0.05) is 0 Å². The van der Waals surface area contributed by atoms with E-state index in [1.165, 1.54) is 0 Å². The lowest BCUT2D eigenvalue weighted by Gasteiger charge is -2.19. The first-order valence-electron chi connectivity index (χ1n) is 6.53. The number of fused-ring (bicyclic) bond motifs is 2. The van der Waals surface area contributed by atoms with Crippen molar-refractivity contribution in [1.29, 1.82) is 0 Å². The van der Waals surface area contributed by atoms with Crippen molar-refractivity contribution in [2.75, 3.05) is 0 Å². The van der Waals surface area contributed by atoms with E-state index >= 15 is 0 Å². The number of carbonyl (C=O) groups excluding carboxylic acids is 1. The summed E-state index contributed by atoms with van der Waals surface area (Å²) in [7, 11) is 0. The molecule has 0 N–H and O–H groups in total. The number of hydrogen-bond acceptors (Lipinski definition) is 3. The summed E-state index contributed by atoms with van der Waals surface area (Å²) in [5.41, 5.74) is 0.965. The molecule has 0 aromatic carbocycles. The van der Waals surface area contributed by atoms with E-state index in [1.54, 1.807) is 9.47 Å². The summed E-state index contributed by atoms with van der Waals surface area (Å²) in [4.78, 5) is 30.7. The zero-order chi connectivity index (χ0) is 12.9. The fourth-order valence-electron chi connectivity index (χ4n) is 2.73. The summed E-state index contributed by atoms with van der Waals surface area (Å²) in [6, 6.07) is 0.105. The van der Waals surface area contributed by atoms with Crippen LogP contribution in [0.3, 0.4) is 0 Å². The molecule has 96 valence electrons. The molecular weight excluding hydrogens is 230 g/mol. The highest BCUT2D eigenvalue weighted by Crippen LogP contribution is 2.22. The molecule has 2 aliphatic rings. The minimum atomic E-state index is -0.0916. The van der Waals surface area contributed by atoms with Crippen molar-refractivity contribution in [3.05, 3.63) is 27.4 Å². The molecule has 0 saturated carbocycles. The van der Waals surface area contributed by atoms with Crippen LogP contribution in [0.2, 0.25) is 0 Å². The fourth-order valence-corrected chi connectivity index (χ4v) is 2.73. The molecule has 0 spiro atoms. The number of hydrogen-bond donors (Lipinski definition) is 0. The lowest BCUT2D eigenvalue weighted by atomic mass is 10.1. The summed E-state index contributed by atoms with van der Waals surface area (Å²) in [6.45, 7) is 5.07. The van der Waals surface area contributed by atoms with Gasteiger partial charge in [0.15, 0.2) is 0 Å². The van der Waals surface area contributed by atoms with Crippen LogP contribution in [-0.2, 0) is 19.5 Å². The number of aromatic nitrogens is 2. The Morgan fingerprint density at radius 1 is 1.22 bits per heavy atom. The number of amides is 1. The van der Waals surface area contributed by atoms with Crippen molar-refractivity contribution in [3.8, 4) is 0 Å². The Kier molecular flexibility index (Phi) is 2.50. The van der Waals surface area contributed by atoms with Gasteiger partial charge in [-0.3, -0.25) is 14.2 Å². The van der Waals surface area contributed by atoms with Crippen LogP contribution in [0, 0.1) is 0 Å². The molecule has 1 aromatic rings. The van der Waals surface area contributed by atoms with Gasteiger partial charge in [-0.2, -0.15) is 0 Å². The van der Waals surface area contributed by atoms with E-state index in [9.17, 15) is 9.59 Å². The molecule has 1 aromatic heterocycles. The van der Waals surface area contributed by atoms with Gasteiger partial charge in [-0.15, -0.1) is 0 Å². The van der Waals surface area contributed by atoms with Gasteiger partial charge in [-0.25, -0.2) is 4.98 Å². The van der Waals surface area contributed by atoms with Crippen molar-refractivity contribution in [1.82, 2.24) is 14.5 Å². The van der Waals surface area contributed by atoms with Crippen molar-refractivity contribution in [2.45, 2.75) is 52.2 Å². The standard InChI is InChI=1S/C13H17N3O2/c1-8(2)16-7-9-11(13(16)18)14-10-5-3-4-6-15(10)12(9)17/h8H,3-7H2,1-2H3. The Balaban J connectivity index is 2.15. The second-order valence-corrected chi connectivity index (χ2v) is 5.30. The summed E-state index contributed by atoms with van der Waals surface area (Å²) in [6.07, 6.45) is 2.88. The highest BCUT2D eigenvalue weighted by molar-refractivity contribution is 5.96. The molecule has 0 radical (unpaired) electrons. The third-order valence-corrected chi connectivity index (χ3v) is 3.79. The first-order chi connectivity index (χ1) is 8.59. The maximum absolute atomic E-state index is 12.4. The van der Waals surface area contributed by atoms with Crippen molar-refractivity contribution < 1.29 is 4.79 Å². The SMILES string of the molecule is CC(C)N1Cc2c(nc3n(c2=O)CCCC3)C1=O. The second-order valence-electron chi connectivity index (χ2n) is 5.30. The van der Waals surface area contributed by atoms with Gasteiger partial charge in [0, 0.05) is 19.0 Å².